The molecule has 3 amide bonds. The van der Waals surface area contributed by atoms with Gasteiger partial charge in [0.25, 0.3) is 5.91 Å². The maximum absolute atomic E-state index is 13.1. The van der Waals surface area contributed by atoms with Gasteiger partial charge in [0, 0.05) is 18.0 Å². The van der Waals surface area contributed by atoms with Crippen molar-refractivity contribution in [2.45, 2.75) is 75.8 Å². The first-order valence-corrected chi connectivity index (χ1v) is 12.9. The van der Waals surface area contributed by atoms with E-state index in [1.54, 1.807) is 17.3 Å². The zero-order chi connectivity index (χ0) is 24.9. The molecule has 2 aliphatic heterocycles. The Morgan fingerprint density at radius 1 is 1.11 bits per heavy atom. The number of carbonyl (C=O) groups excluding carboxylic acids is 3. The van der Waals surface area contributed by atoms with Gasteiger partial charge in [-0.3, -0.25) is 19.4 Å². The Hall–Kier alpha value is -3.62. The fourth-order valence-electron chi connectivity index (χ4n) is 6.38. The van der Waals surface area contributed by atoms with Crippen molar-refractivity contribution in [1.82, 2.24) is 14.9 Å². The molecule has 1 saturated carbocycles. The van der Waals surface area contributed by atoms with Crippen LogP contribution in [-0.4, -0.2) is 50.5 Å². The molecule has 2 spiro atoms. The van der Waals surface area contributed by atoms with Crippen LogP contribution in [0.15, 0.2) is 35.6 Å². The highest BCUT2D eigenvalue weighted by Gasteiger charge is 2.51. The summed E-state index contributed by atoms with van der Waals surface area (Å²) in [6.07, 6.45) is 10.9. The molecule has 186 valence electrons. The molecule has 0 radical (unpaired) electrons. The Labute approximate surface area is 209 Å². The van der Waals surface area contributed by atoms with Gasteiger partial charge >= 0.3 is 0 Å². The van der Waals surface area contributed by atoms with E-state index in [4.69, 9.17) is 4.99 Å². The lowest BCUT2D eigenvalue weighted by molar-refractivity contribution is -0.133. The van der Waals surface area contributed by atoms with Crippen LogP contribution in [0, 0.1) is 0 Å². The van der Waals surface area contributed by atoms with Crippen molar-refractivity contribution in [2.75, 3.05) is 17.2 Å². The average Bonchev–Trinajstić information content (AvgIpc) is 3.38. The summed E-state index contributed by atoms with van der Waals surface area (Å²) in [5.74, 6) is 0.587. The molecule has 2 aromatic rings. The highest BCUT2D eigenvalue weighted by molar-refractivity contribution is 6.40. The van der Waals surface area contributed by atoms with Crippen molar-refractivity contribution in [3.05, 3.63) is 47.3 Å². The fourth-order valence-corrected chi connectivity index (χ4v) is 6.38. The first-order valence-electron chi connectivity index (χ1n) is 12.9. The number of amides is 3. The zero-order valence-corrected chi connectivity index (χ0v) is 20.5. The van der Waals surface area contributed by atoms with Crippen molar-refractivity contribution in [3.63, 3.8) is 0 Å². The molecular formula is C27H30N6O3. The van der Waals surface area contributed by atoms with Crippen LogP contribution in [0.25, 0.3) is 0 Å². The Bertz CT molecular complexity index is 1300. The molecule has 0 bridgehead atoms. The van der Waals surface area contributed by atoms with E-state index in [-0.39, 0.29) is 24.3 Å². The second-order valence-electron chi connectivity index (χ2n) is 10.4. The molecular weight excluding hydrogens is 456 g/mol. The number of rotatable bonds is 4. The molecule has 2 aliphatic carbocycles. The van der Waals surface area contributed by atoms with Crippen LogP contribution in [-0.2, 0) is 32.6 Å². The number of aliphatic imine (C=N–C) groups is 1. The first kappa shape index (κ1) is 22.8. The predicted molar refractivity (Wildman–Crippen MR) is 135 cm³/mol. The molecule has 2 N–H and O–H groups in total. The van der Waals surface area contributed by atoms with E-state index in [0.29, 0.717) is 36.6 Å². The van der Waals surface area contributed by atoms with Crippen molar-refractivity contribution < 1.29 is 14.4 Å². The van der Waals surface area contributed by atoms with E-state index in [1.165, 1.54) is 0 Å². The van der Waals surface area contributed by atoms with E-state index < -0.39 is 11.1 Å². The number of carbonyl (C=O) groups is 3. The minimum Gasteiger partial charge on any atom is -0.310 e. The molecule has 0 saturated heterocycles. The molecule has 36 heavy (non-hydrogen) atoms. The van der Waals surface area contributed by atoms with Gasteiger partial charge in [-0.1, -0.05) is 25.8 Å². The smallest absolute Gasteiger partial charge is 0.270 e. The van der Waals surface area contributed by atoms with Gasteiger partial charge in [-0.25, -0.2) is 9.97 Å². The number of nitrogens with one attached hydrogen (secondary N) is 2. The van der Waals surface area contributed by atoms with Crippen molar-refractivity contribution >= 4 is 35.1 Å². The van der Waals surface area contributed by atoms with Gasteiger partial charge in [0.2, 0.25) is 11.8 Å². The van der Waals surface area contributed by atoms with E-state index in [2.05, 4.69) is 20.6 Å². The summed E-state index contributed by atoms with van der Waals surface area (Å²) in [6.45, 7) is 1.89. The quantitative estimate of drug-likeness (QED) is 0.689. The molecule has 1 atom stereocenters. The lowest BCUT2D eigenvalue weighted by atomic mass is 9.79. The maximum Gasteiger partial charge on any atom is 0.270 e. The number of nitrogens with zero attached hydrogens (tertiary/aromatic N) is 4. The Balaban J connectivity index is 1.19. The maximum atomic E-state index is 13.1. The van der Waals surface area contributed by atoms with Gasteiger partial charge in [0.15, 0.2) is 0 Å². The predicted octanol–water partition coefficient (Wildman–Crippen LogP) is 3.15. The van der Waals surface area contributed by atoms with Gasteiger partial charge in [0.1, 0.15) is 29.6 Å². The van der Waals surface area contributed by atoms with Crippen LogP contribution >= 0.6 is 0 Å². The first-order chi connectivity index (χ1) is 17.4. The third-order valence-electron chi connectivity index (χ3n) is 8.20. The number of hydrogen-bond donors (Lipinski definition) is 2. The van der Waals surface area contributed by atoms with Crippen LogP contribution in [0.4, 0.5) is 11.6 Å². The summed E-state index contributed by atoms with van der Waals surface area (Å²) >= 11 is 0. The van der Waals surface area contributed by atoms with Gasteiger partial charge in [-0.05, 0) is 68.2 Å². The molecule has 1 fully saturated rings. The Morgan fingerprint density at radius 3 is 2.67 bits per heavy atom. The zero-order valence-electron chi connectivity index (χ0n) is 20.5. The minimum absolute atomic E-state index is 0.0456. The standard InChI is InChI=1S/C27H30N6O3/c1-2-20-24(35)33(27(32-20)9-5-3-4-6-10-27)16-22(34)30-21-12-17-13-26(14-18(17)15-29-21)19-8-7-11-28-23(19)31-25(26)36/h7-8,11-12,15H,2-6,9-10,13-14,16H2,1H3,(H,28,31,36)(H,29,30,34)/t26-/m0/s1. The van der Waals surface area contributed by atoms with Crippen LogP contribution in [0.5, 0.6) is 0 Å². The number of aromatic nitrogens is 2. The number of pyridine rings is 2. The molecule has 4 heterocycles. The van der Waals surface area contributed by atoms with Crippen molar-refractivity contribution in [3.8, 4) is 0 Å². The fraction of sp³-hybridized carbons (Fsp3) is 0.481. The van der Waals surface area contributed by atoms with Gasteiger partial charge < -0.3 is 15.5 Å². The number of hydrogen-bond acceptors (Lipinski definition) is 6. The SMILES string of the molecule is CCC1=NC2(CCCCCC2)N(CC(=O)Nc2cc3c(cn2)C[C@]2(C3)C(=O)Nc3ncccc32)C1=O. The largest absolute Gasteiger partial charge is 0.310 e. The molecule has 9 heteroatoms. The molecule has 0 unspecified atom stereocenters. The number of fused-ring (bicyclic) bond motifs is 3. The summed E-state index contributed by atoms with van der Waals surface area (Å²) in [6, 6.07) is 5.65. The third-order valence-corrected chi connectivity index (χ3v) is 8.20. The van der Waals surface area contributed by atoms with Crippen molar-refractivity contribution in [1.29, 1.82) is 0 Å². The highest BCUT2D eigenvalue weighted by Crippen LogP contribution is 2.46. The summed E-state index contributed by atoms with van der Waals surface area (Å²) in [5, 5.41) is 5.80. The highest BCUT2D eigenvalue weighted by atomic mass is 16.2. The van der Waals surface area contributed by atoms with Crippen LogP contribution in [0.2, 0.25) is 0 Å². The van der Waals surface area contributed by atoms with Crippen LogP contribution < -0.4 is 10.6 Å². The van der Waals surface area contributed by atoms with Crippen molar-refractivity contribution in [2.24, 2.45) is 4.99 Å². The Kier molecular flexibility index (Phi) is 5.39. The second kappa shape index (κ2) is 8.50. The lowest BCUT2D eigenvalue weighted by Gasteiger charge is -2.35. The van der Waals surface area contributed by atoms with Gasteiger partial charge in [-0.2, -0.15) is 0 Å². The van der Waals surface area contributed by atoms with E-state index >= 15 is 0 Å². The summed E-state index contributed by atoms with van der Waals surface area (Å²) in [5.41, 5.74) is 2.18. The summed E-state index contributed by atoms with van der Waals surface area (Å²) in [4.78, 5) is 54.5. The third kappa shape index (κ3) is 3.51. The molecule has 0 aromatic carbocycles. The van der Waals surface area contributed by atoms with E-state index in [1.807, 2.05) is 25.1 Å². The number of anilines is 2. The second-order valence-corrected chi connectivity index (χ2v) is 10.4. The van der Waals surface area contributed by atoms with Crippen LogP contribution in [0.3, 0.4) is 0 Å². The van der Waals surface area contributed by atoms with E-state index in [9.17, 15) is 14.4 Å². The topological polar surface area (TPSA) is 117 Å². The average molecular weight is 487 g/mol. The lowest BCUT2D eigenvalue weighted by Crippen LogP contribution is -2.50. The van der Waals surface area contributed by atoms with Gasteiger partial charge in [0.05, 0.1) is 5.41 Å². The minimum atomic E-state index is -0.683. The normalized spacial score (nSPS) is 23.9. The van der Waals surface area contributed by atoms with Crippen LogP contribution in [0.1, 0.15) is 68.6 Å². The molecule has 9 nitrogen and oxygen atoms in total. The summed E-state index contributed by atoms with van der Waals surface area (Å²) in [7, 11) is 0. The molecule has 2 aromatic heterocycles. The Morgan fingerprint density at radius 2 is 1.89 bits per heavy atom. The summed E-state index contributed by atoms with van der Waals surface area (Å²) < 4.78 is 0. The molecule has 6 rings (SSSR count). The van der Waals surface area contributed by atoms with E-state index in [0.717, 1.165) is 55.2 Å². The van der Waals surface area contributed by atoms with Gasteiger partial charge in [-0.15, -0.1) is 0 Å². The monoisotopic (exact) mass is 486 g/mol. The molecule has 4 aliphatic rings.